The molecular weight excluding hydrogens is 270 g/mol. The minimum absolute atomic E-state index is 0.174. The molecule has 2 rings (SSSR count). The van der Waals surface area contributed by atoms with Gasteiger partial charge in [0.25, 0.3) is 0 Å². The Labute approximate surface area is 124 Å². The number of aryl methyl sites for hydroxylation is 2. The maximum Gasteiger partial charge on any atom is 0.311 e. The predicted molar refractivity (Wildman–Crippen MR) is 78.3 cm³/mol. The van der Waals surface area contributed by atoms with Gasteiger partial charge in [-0.2, -0.15) is 0 Å². The summed E-state index contributed by atoms with van der Waals surface area (Å²) in [6, 6.07) is 5.89. The van der Waals surface area contributed by atoms with Crippen LogP contribution in [0.2, 0.25) is 0 Å². The number of benzene rings is 1. The number of hydrogen-bond acceptors (Lipinski definition) is 3. The van der Waals surface area contributed by atoms with E-state index in [0.29, 0.717) is 12.8 Å². The first-order valence-corrected chi connectivity index (χ1v) is 7.13. The molecule has 0 unspecified atom stereocenters. The third-order valence-corrected chi connectivity index (χ3v) is 3.85. The predicted octanol–water partition coefficient (Wildman–Crippen LogP) is 2.05. The van der Waals surface area contributed by atoms with Crippen LogP contribution in [0.25, 0.3) is 0 Å². The van der Waals surface area contributed by atoms with Crippen LogP contribution in [0.4, 0.5) is 0 Å². The number of aliphatic carboxylic acids is 1. The molecule has 1 aromatic rings. The standard InChI is InChI=1S/C16H21NO4/c1-11-3-4-13(12(2)9-11)21-8-5-14(18)17-10-16(6-7-16)15(19)20/h3-4,9H,5-8,10H2,1-2H3,(H,17,18)(H,19,20). The fourth-order valence-electron chi connectivity index (χ4n) is 2.19. The van der Waals surface area contributed by atoms with E-state index in [4.69, 9.17) is 9.84 Å². The van der Waals surface area contributed by atoms with Gasteiger partial charge in [-0.05, 0) is 38.3 Å². The molecule has 0 spiro atoms. The lowest BCUT2D eigenvalue weighted by Gasteiger charge is -2.12. The molecule has 1 amide bonds. The first-order chi connectivity index (χ1) is 9.93. The van der Waals surface area contributed by atoms with Crippen LogP contribution < -0.4 is 10.1 Å². The summed E-state index contributed by atoms with van der Waals surface area (Å²) in [5.74, 6) is -0.223. The van der Waals surface area contributed by atoms with Crippen LogP contribution in [0, 0.1) is 19.3 Å². The van der Waals surface area contributed by atoms with Crippen LogP contribution >= 0.6 is 0 Å². The number of hydrogen-bond donors (Lipinski definition) is 2. The first-order valence-electron chi connectivity index (χ1n) is 7.13. The Hall–Kier alpha value is -2.04. The zero-order valence-corrected chi connectivity index (χ0v) is 12.4. The molecule has 5 nitrogen and oxygen atoms in total. The lowest BCUT2D eigenvalue weighted by molar-refractivity contribution is -0.143. The Kier molecular flexibility index (Phi) is 4.50. The Morgan fingerprint density at radius 3 is 2.62 bits per heavy atom. The molecule has 2 N–H and O–H groups in total. The van der Waals surface area contributed by atoms with E-state index in [0.717, 1.165) is 11.3 Å². The van der Waals surface area contributed by atoms with Gasteiger partial charge in [0.2, 0.25) is 5.91 Å². The summed E-state index contributed by atoms with van der Waals surface area (Å²) < 4.78 is 5.58. The van der Waals surface area contributed by atoms with Crippen LogP contribution in [0.5, 0.6) is 5.75 Å². The number of nitrogens with one attached hydrogen (secondary N) is 1. The van der Waals surface area contributed by atoms with E-state index in [1.807, 2.05) is 32.0 Å². The number of carboxylic acid groups (broad SMARTS) is 1. The van der Waals surface area contributed by atoms with Crippen molar-refractivity contribution >= 4 is 11.9 Å². The summed E-state index contributed by atoms with van der Waals surface area (Å²) in [6.07, 6.45) is 1.51. The maximum atomic E-state index is 11.7. The van der Waals surface area contributed by atoms with Crippen molar-refractivity contribution in [1.29, 1.82) is 0 Å². The number of carboxylic acids is 1. The average molecular weight is 291 g/mol. The molecular formula is C16H21NO4. The highest BCUT2D eigenvalue weighted by atomic mass is 16.5. The number of rotatable bonds is 7. The topological polar surface area (TPSA) is 75.6 Å². The Balaban J connectivity index is 1.71. The quantitative estimate of drug-likeness (QED) is 0.806. The average Bonchev–Trinajstić information content (AvgIpc) is 3.20. The SMILES string of the molecule is Cc1ccc(OCCC(=O)NCC2(C(=O)O)CC2)c(C)c1. The van der Waals surface area contributed by atoms with Gasteiger partial charge < -0.3 is 15.2 Å². The van der Waals surface area contributed by atoms with Crippen LogP contribution in [0.15, 0.2) is 18.2 Å². The lowest BCUT2D eigenvalue weighted by atomic mass is 10.1. The first kappa shape index (κ1) is 15.4. The molecule has 114 valence electrons. The molecule has 0 radical (unpaired) electrons. The Morgan fingerprint density at radius 1 is 1.33 bits per heavy atom. The van der Waals surface area contributed by atoms with Gasteiger partial charge in [-0.3, -0.25) is 9.59 Å². The van der Waals surface area contributed by atoms with Gasteiger partial charge in [-0.25, -0.2) is 0 Å². The highest BCUT2D eigenvalue weighted by Crippen LogP contribution is 2.45. The van der Waals surface area contributed by atoms with Gasteiger partial charge in [-0.1, -0.05) is 17.7 Å². The summed E-state index contributed by atoms with van der Waals surface area (Å²) in [5.41, 5.74) is 1.49. The summed E-state index contributed by atoms with van der Waals surface area (Å²) >= 11 is 0. The fourth-order valence-corrected chi connectivity index (χ4v) is 2.19. The second-order valence-corrected chi connectivity index (χ2v) is 5.73. The van der Waals surface area contributed by atoms with Crippen LogP contribution in [0.1, 0.15) is 30.4 Å². The fraction of sp³-hybridized carbons (Fsp3) is 0.500. The largest absolute Gasteiger partial charge is 0.493 e. The van der Waals surface area contributed by atoms with Crippen molar-refractivity contribution in [2.45, 2.75) is 33.1 Å². The van der Waals surface area contributed by atoms with Crippen molar-refractivity contribution in [2.24, 2.45) is 5.41 Å². The molecule has 21 heavy (non-hydrogen) atoms. The van der Waals surface area contributed by atoms with Crippen LogP contribution in [0.3, 0.4) is 0 Å². The lowest BCUT2D eigenvalue weighted by Crippen LogP contribution is -2.34. The van der Waals surface area contributed by atoms with Gasteiger partial charge in [0.1, 0.15) is 5.75 Å². The second kappa shape index (κ2) is 6.16. The molecule has 1 fully saturated rings. The van der Waals surface area contributed by atoms with Gasteiger partial charge in [0, 0.05) is 6.54 Å². The van der Waals surface area contributed by atoms with E-state index in [1.165, 1.54) is 5.56 Å². The number of carbonyl (C=O) groups excluding carboxylic acids is 1. The molecule has 0 aliphatic heterocycles. The van der Waals surface area contributed by atoms with Gasteiger partial charge in [0.05, 0.1) is 18.4 Å². The molecule has 1 aliphatic carbocycles. The maximum absolute atomic E-state index is 11.7. The van der Waals surface area contributed by atoms with E-state index < -0.39 is 11.4 Å². The van der Waals surface area contributed by atoms with E-state index >= 15 is 0 Å². The summed E-state index contributed by atoms with van der Waals surface area (Å²) in [4.78, 5) is 22.7. The van der Waals surface area contributed by atoms with Crippen molar-refractivity contribution in [1.82, 2.24) is 5.32 Å². The second-order valence-electron chi connectivity index (χ2n) is 5.73. The third kappa shape index (κ3) is 3.97. The van der Waals surface area contributed by atoms with E-state index in [-0.39, 0.29) is 25.5 Å². The number of ether oxygens (including phenoxy) is 1. The summed E-state index contributed by atoms with van der Waals surface area (Å²) in [6.45, 7) is 4.48. The Bertz CT molecular complexity index is 549. The van der Waals surface area contributed by atoms with Gasteiger partial charge in [0.15, 0.2) is 0 Å². The third-order valence-electron chi connectivity index (χ3n) is 3.85. The summed E-state index contributed by atoms with van der Waals surface area (Å²) in [7, 11) is 0. The monoisotopic (exact) mass is 291 g/mol. The molecule has 5 heteroatoms. The summed E-state index contributed by atoms with van der Waals surface area (Å²) in [5, 5.41) is 11.7. The Morgan fingerprint density at radius 2 is 2.05 bits per heavy atom. The molecule has 1 aromatic carbocycles. The van der Waals surface area contributed by atoms with Crippen molar-refractivity contribution < 1.29 is 19.4 Å². The zero-order valence-electron chi connectivity index (χ0n) is 12.4. The highest BCUT2D eigenvalue weighted by Gasteiger charge is 2.50. The molecule has 1 saturated carbocycles. The minimum atomic E-state index is -0.825. The smallest absolute Gasteiger partial charge is 0.311 e. The number of carbonyl (C=O) groups is 2. The van der Waals surface area contributed by atoms with Gasteiger partial charge >= 0.3 is 5.97 Å². The van der Waals surface area contributed by atoms with Crippen LogP contribution in [-0.4, -0.2) is 30.1 Å². The van der Waals surface area contributed by atoms with Crippen molar-refractivity contribution in [3.8, 4) is 5.75 Å². The molecule has 0 atom stereocenters. The molecule has 0 aromatic heterocycles. The van der Waals surface area contributed by atoms with Gasteiger partial charge in [-0.15, -0.1) is 0 Å². The van der Waals surface area contributed by atoms with E-state index in [2.05, 4.69) is 5.32 Å². The van der Waals surface area contributed by atoms with Crippen molar-refractivity contribution in [2.75, 3.05) is 13.2 Å². The van der Waals surface area contributed by atoms with E-state index in [9.17, 15) is 9.59 Å². The number of amides is 1. The highest BCUT2D eigenvalue weighted by molar-refractivity contribution is 5.80. The molecule has 0 bridgehead atoms. The molecule has 0 heterocycles. The molecule has 1 aliphatic rings. The van der Waals surface area contributed by atoms with Crippen molar-refractivity contribution in [3.05, 3.63) is 29.3 Å². The van der Waals surface area contributed by atoms with Crippen LogP contribution in [-0.2, 0) is 9.59 Å². The molecule has 0 saturated heterocycles. The van der Waals surface area contributed by atoms with E-state index in [1.54, 1.807) is 0 Å². The minimum Gasteiger partial charge on any atom is -0.493 e. The normalized spacial score (nSPS) is 15.3. The van der Waals surface area contributed by atoms with Crippen molar-refractivity contribution in [3.63, 3.8) is 0 Å². The zero-order chi connectivity index (χ0) is 15.5.